The summed E-state index contributed by atoms with van der Waals surface area (Å²) in [4.78, 5) is 28.8. The summed E-state index contributed by atoms with van der Waals surface area (Å²) >= 11 is 0. The van der Waals surface area contributed by atoms with Crippen molar-refractivity contribution < 1.29 is 9.85 Å². The van der Waals surface area contributed by atoms with E-state index in [1.807, 2.05) is 0 Å². The molecule has 20 heavy (non-hydrogen) atoms. The molecule has 0 aliphatic heterocycles. The van der Waals surface area contributed by atoms with Crippen molar-refractivity contribution in [3.63, 3.8) is 0 Å². The molecule has 8 heteroatoms. The van der Waals surface area contributed by atoms with Gasteiger partial charge in [-0.15, -0.1) is 0 Å². The van der Waals surface area contributed by atoms with E-state index in [9.17, 15) is 20.2 Å². The van der Waals surface area contributed by atoms with Crippen molar-refractivity contribution >= 4 is 33.4 Å². The number of non-ortho nitro benzene ring substituents is 2. The molecule has 3 aromatic rings. The molecule has 0 N–H and O–H groups in total. The second-order valence-corrected chi connectivity index (χ2v) is 4.08. The number of benzene rings is 2. The summed E-state index contributed by atoms with van der Waals surface area (Å²) in [7, 11) is 0. The molecule has 2 aromatic carbocycles. The monoisotopic (exact) mass is 270 g/mol. The summed E-state index contributed by atoms with van der Waals surface area (Å²) in [5.74, 6) is 0. The largest absolute Gasteiger partial charge is 0.271 e. The first-order chi connectivity index (χ1) is 9.54. The van der Waals surface area contributed by atoms with E-state index in [2.05, 4.69) is 9.97 Å². The number of nitrogens with zero attached hydrogens (tertiary/aromatic N) is 4. The number of hydrogen-bond acceptors (Lipinski definition) is 6. The van der Waals surface area contributed by atoms with Crippen molar-refractivity contribution in [2.24, 2.45) is 0 Å². The van der Waals surface area contributed by atoms with Gasteiger partial charge in [-0.25, -0.2) is 9.97 Å². The lowest BCUT2D eigenvalue weighted by atomic mass is 10.2. The maximum Gasteiger partial charge on any atom is 0.271 e. The topological polar surface area (TPSA) is 112 Å². The minimum absolute atomic E-state index is 0.100. The van der Waals surface area contributed by atoms with Gasteiger partial charge >= 0.3 is 0 Å². The quantitative estimate of drug-likeness (QED) is 0.402. The minimum atomic E-state index is -0.529. The van der Waals surface area contributed by atoms with Gasteiger partial charge in [-0.2, -0.15) is 0 Å². The predicted molar refractivity (Wildman–Crippen MR) is 70.4 cm³/mol. The molecule has 0 atom stereocenters. The van der Waals surface area contributed by atoms with Crippen LogP contribution in [-0.2, 0) is 0 Å². The Kier molecular flexibility index (Phi) is 2.50. The van der Waals surface area contributed by atoms with Gasteiger partial charge in [-0.05, 0) is 12.1 Å². The SMILES string of the molecule is O=[N+]([O-])c1ccc2nc3ccc([N+](=O)[O-])cc3nc2c1. The fourth-order valence-corrected chi connectivity index (χ4v) is 1.88. The molecule has 0 amide bonds. The molecule has 0 saturated heterocycles. The van der Waals surface area contributed by atoms with Crippen LogP contribution in [0.4, 0.5) is 11.4 Å². The van der Waals surface area contributed by atoms with E-state index >= 15 is 0 Å². The maximum absolute atomic E-state index is 10.7. The van der Waals surface area contributed by atoms with Crippen molar-refractivity contribution in [3.05, 3.63) is 56.6 Å². The number of nitro groups is 2. The normalized spacial score (nSPS) is 10.8. The van der Waals surface area contributed by atoms with E-state index in [1.54, 1.807) is 0 Å². The maximum atomic E-state index is 10.7. The predicted octanol–water partition coefficient (Wildman–Crippen LogP) is 2.60. The molecule has 0 bridgehead atoms. The Balaban J connectivity index is 2.29. The van der Waals surface area contributed by atoms with Crippen molar-refractivity contribution in [1.29, 1.82) is 0 Å². The number of fused-ring (bicyclic) bond motifs is 2. The molecule has 0 unspecified atom stereocenters. The van der Waals surface area contributed by atoms with Crippen LogP contribution in [0.1, 0.15) is 0 Å². The van der Waals surface area contributed by atoms with Crippen LogP contribution in [0, 0.1) is 20.2 Å². The Hall–Kier alpha value is -3.16. The van der Waals surface area contributed by atoms with Gasteiger partial charge in [0.25, 0.3) is 11.4 Å². The van der Waals surface area contributed by atoms with E-state index in [1.165, 1.54) is 36.4 Å². The molecule has 1 aromatic heterocycles. The van der Waals surface area contributed by atoms with E-state index in [-0.39, 0.29) is 11.4 Å². The third-order valence-electron chi connectivity index (χ3n) is 2.82. The second-order valence-electron chi connectivity index (χ2n) is 4.08. The summed E-state index contributed by atoms with van der Waals surface area (Å²) < 4.78 is 0. The lowest BCUT2D eigenvalue weighted by Gasteiger charge is -2.01. The van der Waals surface area contributed by atoms with E-state index in [0.29, 0.717) is 22.1 Å². The van der Waals surface area contributed by atoms with Crippen molar-refractivity contribution in [2.45, 2.75) is 0 Å². The van der Waals surface area contributed by atoms with Crippen LogP contribution in [0.5, 0.6) is 0 Å². The number of hydrogen-bond donors (Lipinski definition) is 0. The van der Waals surface area contributed by atoms with Crippen molar-refractivity contribution in [3.8, 4) is 0 Å². The molecule has 8 nitrogen and oxygen atoms in total. The summed E-state index contributed by atoms with van der Waals surface area (Å²) in [6.45, 7) is 0. The average Bonchev–Trinajstić information content (AvgIpc) is 2.43. The minimum Gasteiger partial charge on any atom is -0.258 e. The van der Waals surface area contributed by atoms with Crippen molar-refractivity contribution in [1.82, 2.24) is 9.97 Å². The van der Waals surface area contributed by atoms with Gasteiger partial charge in [-0.3, -0.25) is 20.2 Å². The van der Waals surface area contributed by atoms with Crippen molar-refractivity contribution in [2.75, 3.05) is 0 Å². The fourth-order valence-electron chi connectivity index (χ4n) is 1.88. The van der Waals surface area contributed by atoms with Gasteiger partial charge < -0.3 is 0 Å². The molecule has 0 aliphatic carbocycles. The Morgan fingerprint density at radius 2 is 1.10 bits per heavy atom. The Morgan fingerprint density at radius 1 is 0.700 bits per heavy atom. The highest BCUT2D eigenvalue weighted by Gasteiger charge is 2.11. The summed E-state index contributed by atoms with van der Waals surface area (Å²) in [5, 5.41) is 21.4. The molecule has 1 heterocycles. The first kappa shape index (κ1) is 11.9. The first-order valence-corrected chi connectivity index (χ1v) is 5.55. The van der Waals surface area contributed by atoms with E-state index in [0.717, 1.165) is 0 Å². The lowest BCUT2D eigenvalue weighted by Crippen LogP contribution is -1.93. The Bertz CT molecular complexity index is 809. The van der Waals surface area contributed by atoms with Crippen LogP contribution in [0.25, 0.3) is 22.1 Å². The van der Waals surface area contributed by atoms with Crippen LogP contribution in [0.2, 0.25) is 0 Å². The highest BCUT2D eigenvalue weighted by molar-refractivity contribution is 5.88. The Labute approximate surface area is 111 Å². The second kappa shape index (κ2) is 4.19. The number of nitro benzene ring substituents is 2. The van der Waals surface area contributed by atoms with Crippen LogP contribution >= 0.6 is 0 Å². The average molecular weight is 270 g/mol. The molecule has 0 saturated carbocycles. The fraction of sp³-hybridized carbons (Fsp3) is 0. The first-order valence-electron chi connectivity index (χ1n) is 5.55. The van der Waals surface area contributed by atoms with Gasteiger partial charge in [0, 0.05) is 24.3 Å². The molecule has 0 fully saturated rings. The zero-order chi connectivity index (χ0) is 14.3. The number of aromatic nitrogens is 2. The van der Waals surface area contributed by atoms with E-state index in [4.69, 9.17) is 0 Å². The standard InChI is InChI=1S/C12H6N4O4/c17-15(18)7-1-3-9-11(5-7)14-12-6-8(16(19)20)2-4-10(12)13-9/h1-6H. The highest BCUT2D eigenvalue weighted by atomic mass is 16.6. The molecule has 3 rings (SSSR count). The molecule has 98 valence electrons. The van der Waals surface area contributed by atoms with Crippen LogP contribution in [0.15, 0.2) is 36.4 Å². The molecular formula is C12H6N4O4. The van der Waals surface area contributed by atoms with Crippen LogP contribution in [-0.4, -0.2) is 19.8 Å². The van der Waals surface area contributed by atoms with Gasteiger partial charge in [0.2, 0.25) is 0 Å². The molecule has 0 aliphatic rings. The Morgan fingerprint density at radius 3 is 1.50 bits per heavy atom. The van der Waals surface area contributed by atoms with Gasteiger partial charge in [-0.1, -0.05) is 0 Å². The lowest BCUT2D eigenvalue weighted by molar-refractivity contribution is -0.384. The summed E-state index contributed by atoms with van der Waals surface area (Å²) in [6.07, 6.45) is 0. The third-order valence-corrected chi connectivity index (χ3v) is 2.82. The third kappa shape index (κ3) is 1.88. The molecular weight excluding hydrogens is 264 g/mol. The van der Waals surface area contributed by atoms with Gasteiger partial charge in [0.1, 0.15) is 0 Å². The van der Waals surface area contributed by atoms with Crippen LogP contribution < -0.4 is 0 Å². The molecule has 0 spiro atoms. The highest BCUT2D eigenvalue weighted by Crippen LogP contribution is 2.23. The van der Waals surface area contributed by atoms with Gasteiger partial charge in [0.05, 0.1) is 31.9 Å². The zero-order valence-electron chi connectivity index (χ0n) is 9.89. The van der Waals surface area contributed by atoms with Gasteiger partial charge in [0.15, 0.2) is 0 Å². The van der Waals surface area contributed by atoms with Crippen LogP contribution in [0.3, 0.4) is 0 Å². The zero-order valence-corrected chi connectivity index (χ0v) is 9.89. The summed E-state index contributed by atoms with van der Waals surface area (Å²) in [6, 6.07) is 8.27. The molecule has 0 radical (unpaired) electrons. The summed E-state index contributed by atoms with van der Waals surface area (Å²) in [5.41, 5.74) is 1.45. The number of rotatable bonds is 2. The van der Waals surface area contributed by atoms with E-state index < -0.39 is 9.85 Å². The smallest absolute Gasteiger partial charge is 0.258 e.